The first kappa shape index (κ1) is 10.3. The summed E-state index contributed by atoms with van der Waals surface area (Å²) in [5.41, 5.74) is 0.971. The third-order valence-electron chi connectivity index (χ3n) is 1.88. The maximum atomic E-state index is 10.9. The second-order valence-electron chi connectivity index (χ2n) is 2.80. The highest BCUT2D eigenvalue weighted by Crippen LogP contribution is 2.04. The van der Waals surface area contributed by atoms with Crippen LogP contribution in [0.1, 0.15) is 12.5 Å². The predicted molar refractivity (Wildman–Crippen MR) is 51.9 cm³/mol. The molecule has 0 bridgehead atoms. The smallest absolute Gasteiger partial charge is 0.102 e. The van der Waals surface area contributed by atoms with E-state index in [-0.39, 0.29) is 4.97 Å². The van der Waals surface area contributed by atoms with Gasteiger partial charge in [-0.3, -0.25) is 0 Å². The van der Waals surface area contributed by atoms with Crippen LogP contribution in [0.3, 0.4) is 0 Å². The van der Waals surface area contributed by atoms with Crippen LogP contribution in [0.2, 0.25) is 0 Å². The summed E-state index contributed by atoms with van der Waals surface area (Å²) in [4.78, 5) is 0.0764. The molecule has 0 N–H and O–H groups in total. The molecule has 1 rings (SSSR count). The molecule has 0 aliphatic heterocycles. The minimum Gasteiger partial charge on any atom is -0.737 e. The van der Waals surface area contributed by atoms with Crippen molar-refractivity contribution in [1.29, 1.82) is 0 Å². The summed E-state index contributed by atoms with van der Waals surface area (Å²) in [5, 5.41) is 24.5. The minimum absolute atomic E-state index is 0.0764. The van der Waals surface area contributed by atoms with Crippen molar-refractivity contribution in [3.05, 3.63) is 46.3 Å². The van der Waals surface area contributed by atoms with Crippen molar-refractivity contribution >= 4 is 0 Å². The van der Waals surface area contributed by atoms with E-state index in [9.17, 15) is 10.4 Å². The molecular weight excluding hydrogens is 182 g/mol. The molecular formula is C9H12N3O2-. The molecule has 0 saturated carbocycles. The van der Waals surface area contributed by atoms with Gasteiger partial charge in [0.15, 0.2) is 0 Å². The molecule has 0 saturated heterocycles. The van der Waals surface area contributed by atoms with Crippen LogP contribution >= 0.6 is 0 Å². The third kappa shape index (κ3) is 2.62. The van der Waals surface area contributed by atoms with Crippen LogP contribution in [0.25, 0.3) is 0 Å². The molecule has 1 aromatic rings. The lowest BCUT2D eigenvalue weighted by Crippen LogP contribution is -2.29. The monoisotopic (exact) mass is 194 g/mol. The maximum absolute atomic E-state index is 10.9. The summed E-state index contributed by atoms with van der Waals surface area (Å²) in [6.45, 7) is 2.63. The van der Waals surface area contributed by atoms with Crippen LogP contribution < -0.4 is 0 Å². The van der Waals surface area contributed by atoms with Crippen molar-refractivity contribution < 1.29 is 4.97 Å². The summed E-state index contributed by atoms with van der Waals surface area (Å²) < 4.78 is 0. The Morgan fingerprint density at radius 1 is 1.36 bits per heavy atom. The van der Waals surface area contributed by atoms with E-state index in [0.29, 0.717) is 13.1 Å². The fourth-order valence-electron chi connectivity index (χ4n) is 1.14. The molecule has 1 aromatic carbocycles. The highest BCUT2D eigenvalue weighted by atomic mass is 16.6. The van der Waals surface area contributed by atoms with Crippen LogP contribution in [0.5, 0.6) is 0 Å². The fourth-order valence-corrected chi connectivity index (χ4v) is 1.14. The van der Waals surface area contributed by atoms with Gasteiger partial charge in [0, 0.05) is 4.97 Å². The molecule has 5 heteroatoms. The Morgan fingerprint density at radius 3 is 2.50 bits per heavy atom. The third-order valence-corrected chi connectivity index (χ3v) is 1.88. The van der Waals surface area contributed by atoms with Gasteiger partial charge in [0.1, 0.15) is 6.54 Å². The van der Waals surface area contributed by atoms with Gasteiger partial charge in [0.2, 0.25) is 0 Å². The summed E-state index contributed by atoms with van der Waals surface area (Å²) in [6, 6.07) is 9.44. The van der Waals surface area contributed by atoms with Crippen molar-refractivity contribution in [3.8, 4) is 0 Å². The molecule has 0 aliphatic carbocycles. The van der Waals surface area contributed by atoms with Crippen molar-refractivity contribution in [2.75, 3.05) is 6.54 Å². The van der Waals surface area contributed by atoms with E-state index >= 15 is 0 Å². The number of rotatable bonds is 4. The van der Waals surface area contributed by atoms with Crippen molar-refractivity contribution in [2.45, 2.75) is 13.5 Å². The molecule has 0 aliphatic rings. The van der Waals surface area contributed by atoms with Crippen molar-refractivity contribution in [2.24, 2.45) is 5.28 Å². The first-order valence-electron chi connectivity index (χ1n) is 4.37. The molecule has 0 unspecified atom stereocenters. The lowest BCUT2D eigenvalue weighted by atomic mass is 10.2. The predicted octanol–water partition coefficient (Wildman–Crippen LogP) is 1.88. The topological polar surface area (TPSA) is 64.7 Å². The number of nitrogens with zero attached hydrogens (tertiary/aromatic N) is 3. The van der Waals surface area contributed by atoms with Crippen LogP contribution in [0.4, 0.5) is 0 Å². The molecule has 0 fully saturated rings. The van der Waals surface area contributed by atoms with E-state index in [2.05, 4.69) is 5.28 Å². The molecule has 0 spiro atoms. The van der Waals surface area contributed by atoms with Crippen LogP contribution in [0, 0.1) is 10.4 Å². The summed E-state index contributed by atoms with van der Waals surface area (Å²) in [5.74, 6) is 0. The van der Waals surface area contributed by atoms with E-state index < -0.39 is 0 Å². The summed E-state index contributed by atoms with van der Waals surface area (Å²) in [7, 11) is 0. The second-order valence-corrected chi connectivity index (χ2v) is 2.80. The molecule has 0 atom stereocenters. The average Bonchev–Trinajstić information content (AvgIpc) is 2.26. The first-order chi connectivity index (χ1) is 6.77. The Labute approximate surface area is 82.4 Å². The second kappa shape index (κ2) is 5.06. The van der Waals surface area contributed by atoms with Gasteiger partial charge >= 0.3 is 0 Å². The zero-order valence-electron chi connectivity index (χ0n) is 7.96. The molecule has 0 heterocycles. The van der Waals surface area contributed by atoms with Gasteiger partial charge in [-0.25, -0.2) is 0 Å². The molecule has 14 heavy (non-hydrogen) atoms. The first-order valence-corrected chi connectivity index (χ1v) is 4.37. The highest BCUT2D eigenvalue weighted by Gasteiger charge is 2.08. The zero-order chi connectivity index (χ0) is 10.4. The minimum atomic E-state index is 0.0764. The molecule has 5 nitrogen and oxygen atoms in total. The molecule has 0 radical (unpaired) electrons. The lowest BCUT2D eigenvalue weighted by molar-refractivity contribution is -0.693. The summed E-state index contributed by atoms with van der Waals surface area (Å²) in [6.07, 6.45) is 0. The van der Waals surface area contributed by atoms with Crippen LogP contribution in [0.15, 0.2) is 35.6 Å². The number of hydrogen-bond donors (Lipinski definition) is 0. The van der Waals surface area contributed by atoms with Gasteiger partial charge < -0.3 is 10.4 Å². The van der Waals surface area contributed by atoms with Crippen LogP contribution in [-0.2, 0) is 6.54 Å². The van der Waals surface area contributed by atoms with Crippen molar-refractivity contribution in [3.63, 3.8) is 0 Å². The van der Waals surface area contributed by atoms with Gasteiger partial charge in [-0.05, 0) is 17.8 Å². The standard InChI is InChI=1S/C9H13N3O2/c1-2-11(12(14)10-13)8-9-6-4-3-5-7-9/h3-7,13H,2,8H2,1H3/p-1/b12-10+. The van der Waals surface area contributed by atoms with E-state index in [1.165, 1.54) is 5.01 Å². The number of benzene rings is 1. The molecule has 76 valence electrons. The van der Waals surface area contributed by atoms with E-state index in [1.54, 1.807) is 6.92 Å². The van der Waals surface area contributed by atoms with Crippen LogP contribution in [-0.4, -0.2) is 16.5 Å². The Morgan fingerprint density at radius 2 is 2.00 bits per heavy atom. The highest BCUT2D eigenvalue weighted by molar-refractivity contribution is 5.13. The van der Waals surface area contributed by atoms with Crippen molar-refractivity contribution in [1.82, 2.24) is 5.01 Å². The van der Waals surface area contributed by atoms with E-state index in [0.717, 1.165) is 5.56 Å². The Kier molecular flexibility index (Phi) is 3.72. The average molecular weight is 194 g/mol. The number of hydrazine groups is 1. The summed E-state index contributed by atoms with van der Waals surface area (Å²) >= 11 is 0. The molecule has 0 aromatic heterocycles. The quantitative estimate of drug-likeness (QED) is 0.417. The Bertz CT molecular complexity index is 300. The van der Waals surface area contributed by atoms with Gasteiger partial charge in [-0.15, -0.1) is 5.01 Å². The molecule has 0 amide bonds. The normalized spacial score (nSPS) is 11.4. The maximum Gasteiger partial charge on any atom is 0.102 e. The zero-order valence-corrected chi connectivity index (χ0v) is 7.96. The Hall–Kier alpha value is -1.78. The Balaban J connectivity index is 2.67. The van der Waals surface area contributed by atoms with Gasteiger partial charge in [-0.1, -0.05) is 30.3 Å². The van der Waals surface area contributed by atoms with E-state index in [1.807, 2.05) is 30.3 Å². The largest absolute Gasteiger partial charge is 0.737 e. The number of hydrogen-bond acceptors (Lipinski definition) is 3. The lowest BCUT2D eigenvalue weighted by Gasteiger charge is -2.17. The van der Waals surface area contributed by atoms with E-state index in [4.69, 9.17) is 0 Å². The van der Waals surface area contributed by atoms with Gasteiger partial charge in [-0.2, -0.15) is 0 Å². The van der Waals surface area contributed by atoms with Gasteiger partial charge in [0.25, 0.3) is 0 Å². The fraction of sp³-hybridized carbons (Fsp3) is 0.333. The van der Waals surface area contributed by atoms with Gasteiger partial charge in [0.05, 0.1) is 6.54 Å². The SMILES string of the molecule is CCN(Cc1ccccc1)/[N+]([O-])=N\[O-].